The van der Waals surface area contributed by atoms with E-state index in [1.807, 2.05) is 0 Å². The second-order valence-electron chi connectivity index (χ2n) is 20.2. The Kier molecular flexibility index (Phi) is 28.0. The van der Waals surface area contributed by atoms with E-state index >= 15 is 0 Å². The first kappa shape index (κ1) is 56.9. The van der Waals surface area contributed by atoms with E-state index in [1.165, 1.54) is 77.0 Å². The molecule has 376 valence electrons. The fraction of sp³-hybridized carbons (Fsp3) is 0.960. The lowest BCUT2D eigenvalue weighted by Crippen LogP contribution is -2.61. The van der Waals surface area contributed by atoms with Gasteiger partial charge in [-0.05, 0) is 38.5 Å². The van der Waals surface area contributed by atoms with Crippen LogP contribution in [0, 0.1) is 23.7 Å². The summed E-state index contributed by atoms with van der Waals surface area (Å²) in [6.07, 6.45) is 8.48. The van der Waals surface area contributed by atoms with Crippen LogP contribution in [-0.4, -0.2) is 129 Å². The molecule has 3 aliphatic rings. The van der Waals surface area contributed by atoms with Crippen LogP contribution in [0.25, 0.3) is 0 Å². The Balaban J connectivity index is 1.65. The van der Waals surface area contributed by atoms with Gasteiger partial charge in [-0.15, -0.1) is 0 Å². The molecule has 0 aromatic heterocycles. The summed E-state index contributed by atoms with van der Waals surface area (Å²) in [5.74, 6) is -1.72. The van der Waals surface area contributed by atoms with Crippen molar-refractivity contribution in [3.63, 3.8) is 0 Å². The molecule has 0 aliphatic carbocycles. The number of hydrogen-bond acceptors (Lipinski definition) is 14. The molecule has 64 heavy (non-hydrogen) atoms. The van der Waals surface area contributed by atoms with Crippen molar-refractivity contribution < 1.29 is 68.6 Å². The van der Waals surface area contributed by atoms with Gasteiger partial charge in [-0.25, -0.2) is 0 Å². The Morgan fingerprint density at radius 1 is 0.406 bits per heavy atom. The molecule has 14 heteroatoms. The van der Waals surface area contributed by atoms with Gasteiger partial charge in [0.1, 0.15) is 62.0 Å². The molecule has 3 rings (SSSR count). The smallest absolute Gasteiger partial charge is 0.311 e. The van der Waals surface area contributed by atoms with E-state index in [1.54, 1.807) is 13.8 Å². The first-order valence-electron chi connectivity index (χ1n) is 25.7. The number of esters is 2. The summed E-state index contributed by atoms with van der Waals surface area (Å²) >= 11 is 0. The molecule has 0 aromatic rings. The molecule has 14 nitrogen and oxygen atoms in total. The van der Waals surface area contributed by atoms with Crippen molar-refractivity contribution in [3.8, 4) is 0 Å². The van der Waals surface area contributed by atoms with Gasteiger partial charge in [0.25, 0.3) is 0 Å². The van der Waals surface area contributed by atoms with E-state index < -0.39 is 111 Å². The highest BCUT2D eigenvalue weighted by molar-refractivity contribution is 5.73. The number of ether oxygens (including phenoxy) is 6. The summed E-state index contributed by atoms with van der Waals surface area (Å²) in [7, 11) is 0. The van der Waals surface area contributed by atoms with Crippen LogP contribution in [0.4, 0.5) is 0 Å². The second kappa shape index (κ2) is 31.6. The van der Waals surface area contributed by atoms with Gasteiger partial charge in [-0.3, -0.25) is 9.59 Å². The van der Waals surface area contributed by atoms with Crippen molar-refractivity contribution in [3.05, 3.63) is 0 Å². The average molecular weight is 917 g/mol. The number of aliphatic hydroxyl groups is 6. The second-order valence-corrected chi connectivity index (χ2v) is 20.2. The molecule has 0 radical (unpaired) electrons. The normalized spacial score (nSPS) is 33.5. The first-order chi connectivity index (χ1) is 30.6. The van der Waals surface area contributed by atoms with Crippen molar-refractivity contribution in [1.82, 2.24) is 0 Å². The Labute approximate surface area is 385 Å². The van der Waals surface area contributed by atoms with Crippen LogP contribution >= 0.6 is 0 Å². The van der Waals surface area contributed by atoms with Gasteiger partial charge >= 0.3 is 11.9 Å². The largest absolute Gasteiger partial charge is 0.463 e. The number of unbranched alkanes of at least 4 members (excludes halogenated alkanes) is 18. The number of cyclic esters (lactones) is 2. The Morgan fingerprint density at radius 2 is 0.688 bits per heavy atom. The van der Waals surface area contributed by atoms with Gasteiger partial charge in [0, 0.05) is 0 Å². The quantitative estimate of drug-likeness (QED) is 0.0369. The average Bonchev–Trinajstić information content (AvgIpc) is 3.26. The highest BCUT2D eigenvalue weighted by atomic mass is 16.7. The summed E-state index contributed by atoms with van der Waals surface area (Å²) in [6.45, 7) is 11.3. The van der Waals surface area contributed by atoms with E-state index in [0.29, 0.717) is 25.7 Å². The third-order valence-electron chi connectivity index (χ3n) is 13.6. The van der Waals surface area contributed by atoms with Gasteiger partial charge in [-0.1, -0.05) is 169 Å². The Hall–Kier alpha value is -1.46. The lowest BCUT2D eigenvalue weighted by Gasteiger charge is -2.43. The van der Waals surface area contributed by atoms with E-state index in [4.69, 9.17) is 28.4 Å². The monoisotopic (exact) mass is 917 g/mol. The predicted octanol–water partition coefficient (Wildman–Crippen LogP) is 7.42. The van der Waals surface area contributed by atoms with Crippen molar-refractivity contribution in [2.24, 2.45) is 23.7 Å². The zero-order chi connectivity index (χ0) is 47.0. The van der Waals surface area contributed by atoms with E-state index in [9.17, 15) is 40.2 Å². The molecule has 3 heterocycles. The molecular formula is C50H92O14. The standard InChI is InChI=1S/C50H92O14/c1-33(2)27-23-19-15-11-7-9-13-17-21-25-29-37-35(5)47(57)59-31-40-42(52)44(54)46(56)50(64-40)62-38(30-26-22-18-14-10-8-12-16-20-24-28-34(3)4)36(6)48(58)60-32-39-41(51)43(53)45(55)49(61-37)63-39/h33-46,49-56H,7-32H2,1-6H3/t35-,36-,37+,38+,39-,40-,41-,42-,43+,44+,45-,46-,49-,50-/m1/s1. The number of aliphatic hydroxyl groups excluding tert-OH is 6. The molecule has 0 amide bonds. The van der Waals surface area contributed by atoms with Crippen LogP contribution in [0.2, 0.25) is 0 Å². The predicted molar refractivity (Wildman–Crippen MR) is 244 cm³/mol. The van der Waals surface area contributed by atoms with Gasteiger partial charge < -0.3 is 59.1 Å². The maximum Gasteiger partial charge on any atom is 0.311 e. The van der Waals surface area contributed by atoms with Crippen molar-refractivity contribution in [1.29, 1.82) is 0 Å². The highest BCUT2D eigenvalue weighted by Gasteiger charge is 2.49. The number of carbonyl (C=O) groups excluding carboxylic acids is 2. The third kappa shape index (κ3) is 20.4. The Morgan fingerprint density at radius 3 is 0.984 bits per heavy atom. The van der Waals surface area contributed by atoms with Crippen molar-refractivity contribution in [2.75, 3.05) is 13.2 Å². The number of carbonyl (C=O) groups is 2. The molecule has 0 unspecified atom stereocenters. The summed E-state index contributed by atoms with van der Waals surface area (Å²) in [4.78, 5) is 27.3. The fourth-order valence-corrected chi connectivity index (χ4v) is 9.07. The summed E-state index contributed by atoms with van der Waals surface area (Å²) in [5, 5.41) is 65.6. The van der Waals surface area contributed by atoms with Crippen molar-refractivity contribution in [2.45, 2.75) is 269 Å². The van der Waals surface area contributed by atoms with E-state index in [-0.39, 0.29) is 0 Å². The van der Waals surface area contributed by atoms with E-state index in [2.05, 4.69) is 27.7 Å². The van der Waals surface area contributed by atoms with Crippen molar-refractivity contribution >= 4 is 11.9 Å². The first-order valence-corrected chi connectivity index (χ1v) is 25.7. The number of hydrogen-bond donors (Lipinski definition) is 6. The molecule has 14 atom stereocenters. The topological polar surface area (TPSA) is 211 Å². The van der Waals surface area contributed by atoms with Gasteiger partial charge in [0.2, 0.25) is 0 Å². The van der Waals surface area contributed by atoms with Crippen LogP contribution in [0.3, 0.4) is 0 Å². The van der Waals surface area contributed by atoms with Crippen LogP contribution in [0.1, 0.15) is 196 Å². The van der Waals surface area contributed by atoms with Crippen LogP contribution < -0.4 is 0 Å². The van der Waals surface area contributed by atoms with Crippen LogP contribution in [-0.2, 0) is 38.0 Å². The Bertz CT molecular complexity index is 1140. The molecule has 4 bridgehead atoms. The van der Waals surface area contributed by atoms with Gasteiger partial charge in [0.05, 0.1) is 24.0 Å². The summed E-state index contributed by atoms with van der Waals surface area (Å²) in [5.41, 5.74) is 0. The summed E-state index contributed by atoms with van der Waals surface area (Å²) < 4.78 is 35.7. The van der Waals surface area contributed by atoms with E-state index in [0.717, 1.165) is 63.2 Å². The minimum absolute atomic E-state index is 0.387. The molecule has 3 saturated heterocycles. The lowest BCUT2D eigenvalue weighted by molar-refractivity contribution is -0.320. The zero-order valence-electron chi connectivity index (χ0n) is 40.6. The minimum Gasteiger partial charge on any atom is -0.463 e. The zero-order valence-corrected chi connectivity index (χ0v) is 40.6. The van der Waals surface area contributed by atoms with Crippen LogP contribution in [0.15, 0.2) is 0 Å². The van der Waals surface area contributed by atoms with Gasteiger partial charge in [0.15, 0.2) is 12.6 Å². The molecule has 3 fully saturated rings. The third-order valence-corrected chi connectivity index (χ3v) is 13.6. The molecule has 3 aliphatic heterocycles. The minimum atomic E-state index is -1.69. The molecular weight excluding hydrogens is 825 g/mol. The van der Waals surface area contributed by atoms with Crippen LogP contribution in [0.5, 0.6) is 0 Å². The number of fused-ring (bicyclic) bond motifs is 4. The molecule has 0 aromatic carbocycles. The maximum atomic E-state index is 13.6. The van der Waals surface area contributed by atoms with Gasteiger partial charge in [-0.2, -0.15) is 0 Å². The number of rotatable bonds is 26. The summed E-state index contributed by atoms with van der Waals surface area (Å²) in [6, 6.07) is 0. The maximum absolute atomic E-state index is 13.6. The fourth-order valence-electron chi connectivity index (χ4n) is 9.07. The molecule has 0 spiro atoms. The molecule has 6 N–H and O–H groups in total. The SMILES string of the molecule is CC(C)CCCCCCCCCCCC[C@@H]1O[C@@H]2O[C@H](COC(=O)[C@H](C)[C@H](CCCCCCCCCCCCC(C)C)O[C@@H]3O[C@H](COC(=O)[C@@H]1C)[C@@H](O)[C@H](O)[C@H]3O)[C@@H](O)[C@H](O)[C@H]2O. The molecule has 0 saturated carbocycles. The lowest BCUT2D eigenvalue weighted by atomic mass is 9.95. The highest BCUT2D eigenvalue weighted by Crippen LogP contribution is 2.31.